The molecule has 94 valence electrons. The summed E-state index contributed by atoms with van der Waals surface area (Å²) in [7, 11) is 0. The van der Waals surface area contributed by atoms with Crippen molar-refractivity contribution in [3.63, 3.8) is 0 Å². The van der Waals surface area contributed by atoms with E-state index in [0.717, 1.165) is 6.29 Å². The molecule has 0 aromatic heterocycles. The van der Waals surface area contributed by atoms with Crippen molar-refractivity contribution in [1.82, 2.24) is 5.32 Å². The second-order valence-electron chi connectivity index (χ2n) is 3.07. The van der Waals surface area contributed by atoms with Crippen molar-refractivity contribution in [2.45, 2.75) is 12.8 Å². The van der Waals surface area contributed by atoms with Crippen LogP contribution in [-0.4, -0.2) is 51.7 Å². The first-order valence-corrected chi connectivity index (χ1v) is 5.37. The molecule has 0 saturated heterocycles. The minimum atomic E-state index is -0.130. The van der Waals surface area contributed by atoms with E-state index in [0.29, 0.717) is 39.5 Å². The number of rotatable bonds is 11. The minimum Gasteiger partial charge on any atom is -0.378 e. The fraction of sp³-hybridized carbons (Fsp3) is 0.800. The zero-order chi connectivity index (χ0) is 12.1. The summed E-state index contributed by atoms with van der Waals surface area (Å²) in [6.07, 6.45) is 1.23. The fourth-order valence-electron chi connectivity index (χ4n) is 0.946. The molecule has 0 spiro atoms. The van der Waals surface area contributed by atoms with Crippen molar-refractivity contribution in [2.24, 2.45) is 5.73 Å². The van der Waals surface area contributed by atoms with Gasteiger partial charge in [0.05, 0.1) is 26.4 Å². The van der Waals surface area contributed by atoms with Gasteiger partial charge < -0.3 is 25.3 Å². The highest BCUT2D eigenvalue weighted by atomic mass is 16.5. The van der Waals surface area contributed by atoms with Crippen LogP contribution in [0.25, 0.3) is 0 Å². The maximum Gasteiger partial charge on any atom is 0.220 e. The summed E-state index contributed by atoms with van der Waals surface area (Å²) in [5.41, 5.74) is 5.23. The Bertz CT molecular complexity index is 188. The van der Waals surface area contributed by atoms with E-state index < -0.39 is 0 Å². The molecule has 0 heterocycles. The topological polar surface area (TPSA) is 90.7 Å². The van der Waals surface area contributed by atoms with Gasteiger partial charge in [-0.05, 0) is 0 Å². The Kier molecular flexibility index (Phi) is 11.4. The second-order valence-corrected chi connectivity index (χ2v) is 3.07. The summed E-state index contributed by atoms with van der Waals surface area (Å²) in [5, 5.41) is 2.64. The standard InChI is InChI=1S/C10H20N2O4/c11-3-6-15-8-9-16-7-4-12-10(14)2-1-5-13/h5H,1-4,6-9,11H2,(H,12,14). The quantitative estimate of drug-likeness (QED) is 0.355. The van der Waals surface area contributed by atoms with E-state index in [2.05, 4.69) is 5.32 Å². The molecular formula is C10H20N2O4. The average molecular weight is 232 g/mol. The average Bonchev–Trinajstić information content (AvgIpc) is 2.30. The second kappa shape index (κ2) is 12.1. The first-order chi connectivity index (χ1) is 7.81. The number of hydrogen-bond donors (Lipinski definition) is 2. The Morgan fingerprint density at radius 2 is 1.88 bits per heavy atom. The third-order valence-electron chi connectivity index (χ3n) is 1.69. The van der Waals surface area contributed by atoms with Crippen LogP contribution in [-0.2, 0) is 19.1 Å². The molecule has 6 heteroatoms. The number of nitrogens with one attached hydrogen (secondary N) is 1. The summed E-state index contributed by atoms with van der Waals surface area (Å²) in [5.74, 6) is -0.130. The van der Waals surface area contributed by atoms with Gasteiger partial charge in [0.25, 0.3) is 0 Å². The lowest BCUT2D eigenvalue weighted by Crippen LogP contribution is -2.27. The Labute approximate surface area is 95.5 Å². The van der Waals surface area contributed by atoms with E-state index >= 15 is 0 Å². The predicted octanol–water partition coefficient (Wildman–Crippen LogP) is -0.926. The Morgan fingerprint density at radius 3 is 2.50 bits per heavy atom. The minimum absolute atomic E-state index is 0.130. The van der Waals surface area contributed by atoms with E-state index in [-0.39, 0.29) is 18.7 Å². The lowest BCUT2D eigenvalue weighted by molar-refractivity contribution is -0.122. The zero-order valence-corrected chi connectivity index (χ0v) is 9.44. The molecule has 0 rings (SSSR count). The number of nitrogens with two attached hydrogens (primary N) is 1. The van der Waals surface area contributed by atoms with Crippen LogP contribution in [0.2, 0.25) is 0 Å². The Hall–Kier alpha value is -0.980. The van der Waals surface area contributed by atoms with Gasteiger partial charge in [0.2, 0.25) is 5.91 Å². The smallest absolute Gasteiger partial charge is 0.220 e. The van der Waals surface area contributed by atoms with E-state index in [9.17, 15) is 9.59 Å². The van der Waals surface area contributed by atoms with Gasteiger partial charge in [0.1, 0.15) is 6.29 Å². The van der Waals surface area contributed by atoms with Crippen LogP contribution < -0.4 is 11.1 Å². The number of amides is 1. The van der Waals surface area contributed by atoms with Crippen molar-refractivity contribution >= 4 is 12.2 Å². The molecule has 0 bridgehead atoms. The first-order valence-electron chi connectivity index (χ1n) is 5.37. The molecule has 0 unspecified atom stereocenters. The number of carbonyl (C=O) groups is 2. The summed E-state index contributed by atoms with van der Waals surface area (Å²) in [6.45, 7) is 2.94. The van der Waals surface area contributed by atoms with Gasteiger partial charge in [0, 0.05) is 25.9 Å². The predicted molar refractivity (Wildman–Crippen MR) is 59.0 cm³/mol. The highest BCUT2D eigenvalue weighted by Crippen LogP contribution is 1.83. The molecule has 0 aliphatic carbocycles. The molecule has 1 amide bonds. The molecule has 6 nitrogen and oxygen atoms in total. The molecule has 0 radical (unpaired) electrons. The van der Waals surface area contributed by atoms with Crippen LogP contribution >= 0.6 is 0 Å². The third kappa shape index (κ3) is 11.1. The highest BCUT2D eigenvalue weighted by Gasteiger charge is 1.98. The maximum atomic E-state index is 11.0. The van der Waals surface area contributed by atoms with Crippen molar-refractivity contribution in [3.8, 4) is 0 Å². The van der Waals surface area contributed by atoms with Gasteiger partial charge in [-0.15, -0.1) is 0 Å². The lowest BCUT2D eigenvalue weighted by atomic mass is 10.3. The normalized spacial score (nSPS) is 10.1. The Morgan fingerprint density at radius 1 is 1.19 bits per heavy atom. The van der Waals surface area contributed by atoms with Crippen LogP contribution in [0.4, 0.5) is 0 Å². The van der Waals surface area contributed by atoms with Gasteiger partial charge in [-0.1, -0.05) is 0 Å². The number of hydrogen-bond acceptors (Lipinski definition) is 5. The molecule has 0 saturated carbocycles. The molecule has 0 atom stereocenters. The molecule has 3 N–H and O–H groups in total. The molecule has 0 aromatic rings. The molecule has 0 aliphatic heterocycles. The summed E-state index contributed by atoms with van der Waals surface area (Å²) >= 11 is 0. The van der Waals surface area contributed by atoms with Gasteiger partial charge >= 0.3 is 0 Å². The van der Waals surface area contributed by atoms with Crippen LogP contribution in [0.1, 0.15) is 12.8 Å². The monoisotopic (exact) mass is 232 g/mol. The largest absolute Gasteiger partial charge is 0.378 e. The summed E-state index contributed by atoms with van der Waals surface area (Å²) < 4.78 is 10.3. The number of carbonyl (C=O) groups excluding carboxylic acids is 2. The molecule has 0 fully saturated rings. The van der Waals surface area contributed by atoms with Gasteiger partial charge in [-0.25, -0.2) is 0 Å². The SMILES string of the molecule is NCCOCCOCCNC(=O)CCC=O. The van der Waals surface area contributed by atoms with Crippen LogP contribution in [0.15, 0.2) is 0 Å². The third-order valence-corrected chi connectivity index (χ3v) is 1.69. The number of ether oxygens (including phenoxy) is 2. The van der Waals surface area contributed by atoms with Crippen LogP contribution in [0, 0.1) is 0 Å². The summed E-state index contributed by atoms with van der Waals surface area (Å²) in [6, 6.07) is 0. The van der Waals surface area contributed by atoms with Crippen LogP contribution in [0.3, 0.4) is 0 Å². The van der Waals surface area contributed by atoms with Gasteiger partial charge in [-0.3, -0.25) is 4.79 Å². The van der Waals surface area contributed by atoms with E-state index in [1.807, 2.05) is 0 Å². The molecular weight excluding hydrogens is 212 g/mol. The van der Waals surface area contributed by atoms with E-state index in [1.54, 1.807) is 0 Å². The lowest BCUT2D eigenvalue weighted by Gasteiger charge is -2.06. The molecule has 0 aromatic carbocycles. The maximum absolute atomic E-state index is 11.0. The van der Waals surface area contributed by atoms with Gasteiger partial charge in [-0.2, -0.15) is 0 Å². The fourth-order valence-corrected chi connectivity index (χ4v) is 0.946. The van der Waals surface area contributed by atoms with Crippen molar-refractivity contribution in [2.75, 3.05) is 39.5 Å². The highest BCUT2D eigenvalue weighted by molar-refractivity contribution is 5.77. The first kappa shape index (κ1) is 15.0. The Balaban J connectivity index is 3.08. The van der Waals surface area contributed by atoms with Crippen molar-refractivity contribution < 1.29 is 19.1 Å². The summed E-state index contributed by atoms with van der Waals surface area (Å²) in [4.78, 5) is 21.0. The van der Waals surface area contributed by atoms with Crippen molar-refractivity contribution in [3.05, 3.63) is 0 Å². The van der Waals surface area contributed by atoms with Gasteiger partial charge in [0.15, 0.2) is 0 Å². The number of aldehydes is 1. The molecule has 16 heavy (non-hydrogen) atoms. The van der Waals surface area contributed by atoms with E-state index in [4.69, 9.17) is 15.2 Å². The van der Waals surface area contributed by atoms with Crippen molar-refractivity contribution in [1.29, 1.82) is 0 Å². The molecule has 0 aliphatic rings. The van der Waals surface area contributed by atoms with Crippen LogP contribution in [0.5, 0.6) is 0 Å². The van der Waals surface area contributed by atoms with E-state index in [1.165, 1.54) is 0 Å². The zero-order valence-electron chi connectivity index (χ0n) is 9.44.